The molecule has 2 unspecified atom stereocenters. The van der Waals surface area contributed by atoms with Crippen LogP contribution in [0.2, 0.25) is 0 Å². The highest BCUT2D eigenvalue weighted by Crippen LogP contribution is 2.18. The molecule has 0 aromatic heterocycles. The molecule has 1 aliphatic carbocycles. The van der Waals surface area contributed by atoms with E-state index < -0.39 is 11.9 Å². The van der Waals surface area contributed by atoms with E-state index in [1.807, 2.05) is 0 Å². The molecule has 0 bridgehead atoms. The van der Waals surface area contributed by atoms with E-state index in [0.717, 1.165) is 25.9 Å². The molecule has 0 aromatic rings. The number of rotatable bonds is 4. The van der Waals surface area contributed by atoms with Gasteiger partial charge in [-0.15, -0.1) is 0 Å². The number of carboxylic acids is 1. The molecule has 1 saturated heterocycles. The van der Waals surface area contributed by atoms with Crippen LogP contribution in [0.15, 0.2) is 12.2 Å². The van der Waals surface area contributed by atoms with Crippen molar-refractivity contribution < 1.29 is 14.7 Å². The zero-order valence-corrected chi connectivity index (χ0v) is 10.9. The summed E-state index contributed by atoms with van der Waals surface area (Å²) in [5.74, 6) is -1.35. The van der Waals surface area contributed by atoms with Crippen LogP contribution >= 0.6 is 0 Å². The van der Waals surface area contributed by atoms with Gasteiger partial charge in [0.05, 0.1) is 12.5 Å². The number of hydrogen-bond acceptors (Lipinski definition) is 4. The molecule has 6 heteroatoms. The Morgan fingerprint density at radius 2 is 2.00 bits per heavy atom. The SMILES string of the molecule is NC1CCN(CC(=O)NC2C=CC(C(=O)O)C2)CC1. The lowest BCUT2D eigenvalue weighted by Gasteiger charge is -2.29. The van der Waals surface area contributed by atoms with Gasteiger partial charge in [-0.05, 0) is 19.3 Å². The summed E-state index contributed by atoms with van der Waals surface area (Å²) in [5, 5.41) is 11.7. The minimum atomic E-state index is -0.835. The van der Waals surface area contributed by atoms with Crippen molar-refractivity contribution in [1.29, 1.82) is 0 Å². The first-order valence-electron chi connectivity index (χ1n) is 6.73. The van der Waals surface area contributed by atoms with Crippen molar-refractivity contribution >= 4 is 11.9 Å². The third-order valence-corrected chi connectivity index (χ3v) is 3.75. The van der Waals surface area contributed by atoms with Crippen LogP contribution in [0.3, 0.4) is 0 Å². The Morgan fingerprint density at radius 1 is 1.32 bits per heavy atom. The van der Waals surface area contributed by atoms with Crippen molar-refractivity contribution in [1.82, 2.24) is 10.2 Å². The maximum atomic E-state index is 11.9. The Balaban J connectivity index is 1.71. The molecule has 1 heterocycles. The number of aliphatic carboxylic acids is 1. The van der Waals surface area contributed by atoms with Crippen LogP contribution in [0.5, 0.6) is 0 Å². The Labute approximate surface area is 112 Å². The summed E-state index contributed by atoms with van der Waals surface area (Å²) in [7, 11) is 0. The molecular weight excluding hydrogens is 246 g/mol. The molecule has 0 spiro atoms. The second kappa shape index (κ2) is 6.16. The van der Waals surface area contributed by atoms with Gasteiger partial charge in [-0.3, -0.25) is 14.5 Å². The van der Waals surface area contributed by atoms with Crippen molar-refractivity contribution in [2.45, 2.75) is 31.3 Å². The van der Waals surface area contributed by atoms with E-state index in [1.165, 1.54) is 0 Å². The van der Waals surface area contributed by atoms with Gasteiger partial charge in [0.2, 0.25) is 5.91 Å². The van der Waals surface area contributed by atoms with E-state index in [-0.39, 0.29) is 18.0 Å². The fraction of sp³-hybridized carbons (Fsp3) is 0.692. The molecule has 4 N–H and O–H groups in total. The maximum absolute atomic E-state index is 11.9. The highest BCUT2D eigenvalue weighted by molar-refractivity contribution is 5.79. The highest BCUT2D eigenvalue weighted by atomic mass is 16.4. The Hall–Kier alpha value is -1.40. The van der Waals surface area contributed by atoms with Gasteiger partial charge in [0.1, 0.15) is 0 Å². The standard InChI is InChI=1S/C13H21N3O3/c14-10-3-5-16(6-4-10)8-12(17)15-11-2-1-9(7-11)13(18)19/h1-2,9-11H,3-8,14H2,(H,15,17)(H,18,19). The maximum Gasteiger partial charge on any atom is 0.310 e. The third-order valence-electron chi connectivity index (χ3n) is 3.75. The normalized spacial score (nSPS) is 28.5. The second-order valence-electron chi connectivity index (χ2n) is 5.35. The van der Waals surface area contributed by atoms with Crippen molar-refractivity contribution in [2.24, 2.45) is 11.7 Å². The first-order chi connectivity index (χ1) is 9.04. The van der Waals surface area contributed by atoms with Gasteiger partial charge >= 0.3 is 5.97 Å². The summed E-state index contributed by atoms with van der Waals surface area (Å²) in [6.07, 6.45) is 5.72. The predicted octanol–water partition coefficient (Wildman–Crippen LogP) is -0.445. The van der Waals surface area contributed by atoms with Gasteiger partial charge in [-0.1, -0.05) is 12.2 Å². The second-order valence-corrected chi connectivity index (χ2v) is 5.35. The number of nitrogens with two attached hydrogens (primary N) is 1. The first kappa shape index (κ1) is 14.0. The topological polar surface area (TPSA) is 95.7 Å². The minimum Gasteiger partial charge on any atom is -0.481 e. The van der Waals surface area contributed by atoms with Gasteiger partial charge in [0, 0.05) is 25.2 Å². The zero-order chi connectivity index (χ0) is 13.8. The van der Waals surface area contributed by atoms with Gasteiger partial charge in [-0.25, -0.2) is 0 Å². The fourth-order valence-electron chi connectivity index (χ4n) is 2.56. The molecule has 1 amide bonds. The summed E-state index contributed by atoms with van der Waals surface area (Å²) in [6, 6.07) is 0.106. The number of likely N-dealkylation sites (tertiary alicyclic amines) is 1. The van der Waals surface area contributed by atoms with Crippen LogP contribution < -0.4 is 11.1 Å². The average molecular weight is 267 g/mol. The van der Waals surface area contributed by atoms with Crippen LogP contribution in [-0.2, 0) is 9.59 Å². The number of carbonyl (C=O) groups is 2. The highest BCUT2D eigenvalue weighted by Gasteiger charge is 2.26. The first-order valence-corrected chi connectivity index (χ1v) is 6.73. The molecule has 19 heavy (non-hydrogen) atoms. The smallest absolute Gasteiger partial charge is 0.310 e. The Kier molecular flexibility index (Phi) is 4.55. The molecule has 2 atom stereocenters. The number of carboxylic acid groups (broad SMARTS) is 1. The molecule has 2 aliphatic rings. The van der Waals surface area contributed by atoms with Gasteiger partial charge < -0.3 is 16.2 Å². The largest absolute Gasteiger partial charge is 0.481 e. The van der Waals surface area contributed by atoms with Gasteiger partial charge in [0.15, 0.2) is 0 Å². The number of carbonyl (C=O) groups excluding carboxylic acids is 1. The minimum absolute atomic E-state index is 0.0452. The number of hydrogen-bond donors (Lipinski definition) is 3. The lowest BCUT2D eigenvalue weighted by molar-refractivity contribution is -0.140. The lowest BCUT2D eigenvalue weighted by Crippen LogP contribution is -2.46. The van der Waals surface area contributed by atoms with Crippen molar-refractivity contribution in [3.8, 4) is 0 Å². The van der Waals surface area contributed by atoms with Crippen LogP contribution in [0, 0.1) is 5.92 Å². The fourth-order valence-corrected chi connectivity index (χ4v) is 2.56. The van der Waals surface area contributed by atoms with Crippen LogP contribution in [0.4, 0.5) is 0 Å². The molecule has 0 saturated carbocycles. The molecule has 6 nitrogen and oxygen atoms in total. The molecule has 1 aliphatic heterocycles. The summed E-state index contributed by atoms with van der Waals surface area (Å²) < 4.78 is 0. The molecule has 1 fully saturated rings. The molecule has 0 radical (unpaired) electrons. The number of nitrogens with one attached hydrogen (secondary N) is 1. The monoisotopic (exact) mass is 267 g/mol. The van der Waals surface area contributed by atoms with E-state index in [4.69, 9.17) is 10.8 Å². The van der Waals surface area contributed by atoms with E-state index in [0.29, 0.717) is 13.0 Å². The van der Waals surface area contributed by atoms with Gasteiger partial charge in [-0.2, -0.15) is 0 Å². The summed E-state index contributed by atoms with van der Waals surface area (Å²) >= 11 is 0. The summed E-state index contributed by atoms with van der Waals surface area (Å²) in [6.45, 7) is 2.08. The van der Waals surface area contributed by atoms with E-state index in [2.05, 4.69) is 10.2 Å². The average Bonchev–Trinajstić information content (AvgIpc) is 2.80. The Morgan fingerprint density at radius 3 is 2.58 bits per heavy atom. The lowest BCUT2D eigenvalue weighted by atomic mass is 10.1. The van der Waals surface area contributed by atoms with Crippen LogP contribution in [-0.4, -0.2) is 53.6 Å². The number of amides is 1. The van der Waals surface area contributed by atoms with Crippen molar-refractivity contribution in [3.63, 3.8) is 0 Å². The van der Waals surface area contributed by atoms with Gasteiger partial charge in [0.25, 0.3) is 0 Å². The molecular formula is C13H21N3O3. The van der Waals surface area contributed by atoms with Crippen LogP contribution in [0.25, 0.3) is 0 Å². The number of piperidine rings is 1. The Bertz CT molecular complexity index is 375. The number of nitrogens with zero attached hydrogens (tertiary/aromatic N) is 1. The molecule has 0 aromatic carbocycles. The van der Waals surface area contributed by atoms with E-state index in [9.17, 15) is 9.59 Å². The van der Waals surface area contributed by atoms with E-state index >= 15 is 0 Å². The zero-order valence-electron chi connectivity index (χ0n) is 10.9. The molecule has 2 rings (SSSR count). The van der Waals surface area contributed by atoms with E-state index in [1.54, 1.807) is 12.2 Å². The third kappa shape index (κ3) is 4.04. The van der Waals surface area contributed by atoms with Crippen molar-refractivity contribution in [3.05, 3.63) is 12.2 Å². The summed E-state index contributed by atoms with van der Waals surface area (Å²) in [4.78, 5) is 24.7. The predicted molar refractivity (Wildman–Crippen MR) is 70.5 cm³/mol. The summed E-state index contributed by atoms with van der Waals surface area (Å²) in [5.41, 5.74) is 5.81. The van der Waals surface area contributed by atoms with Crippen LogP contribution in [0.1, 0.15) is 19.3 Å². The quantitative estimate of drug-likeness (QED) is 0.600. The van der Waals surface area contributed by atoms with Crippen molar-refractivity contribution in [2.75, 3.05) is 19.6 Å². The molecule has 106 valence electrons.